The average molecular weight is 869 g/mol. The maximum Gasteiger partial charge on any atom is 0.0979 e. The minimum absolute atomic E-state index is 0.850. The third kappa shape index (κ3) is 6.06. The van der Waals surface area contributed by atoms with Gasteiger partial charge in [0.15, 0.2) is 0 Å². The van der Waals surface area contributed by atoms with Crippen LogP contribution in [0.25, 0.3) is 141 Å². The zero-order chi connectivity index (χ0) is 44.0. The summed E-state index contributed by atoms with van der Waals surface area (Å²) in [5, 5.41) is 11.7. The lowest BCUT2D eigenvalue weighted by Gasteiger charge is -2.12. The summed E-state index contributed by atoms with van der Waals surface area (Å²) in [5.74, 6) is 0. The molecule has 0 fully saturated rings. The highest BCUT2D eigenvalue weighted by Crippen LogP contribution is 2.45. The van der Waals surface area contributed by atoms with Crippen LogP contribution in [-0.2, 0) is 0 Å². The molecule has 14 rings (SSSR count). The molecule has 0 radical (unpaired) electrons. The van der Waals surface area contributed by atoms with Gasteiger partial charge in [0.05, 0.1) is 45.8 Å². The molecule has 0 bridgehead atoms. The molecule has 0 saturated carbocycles. The van der Waals surface area contributed by atoms with E-state index in [1.807, 2.05) is 23.7 Å². The first kappa shape index (κ1) is 37.7. The van der Waals surface area contributed by atoms with Gasteiger partial charge in [-0.1, -0.05) is 170 Å². The Balaban J connectivity index is 0.893. The minimum atomic E-state index is 0.850. The number of nitrogens with zero attached hydrogens (tertiary/aromatic N) is 4. The van der Waals surface area contributed by atoms with E-state index in [9.17, 15) is 0 Å². The number of aromatic nitrogens is 4. The molecule has 0 unspecified atom stereocenters. The lowest BCUT2D eigenvalue weighted by molar-refractivity contribution is 1.31. The molecule has 0 amide bonds. The first-order chi connectivity index (χ1) is 33.2. The van der Waals surface area contributed by atoms with E-state index in [0.717, 1.165) is 88.4 Å². The van der Waals surface area contributed by atoms with E-state index in [4.69, 9.17) is 19.9 Å². The van der Waals surface area contributed by atoms with Crippen LogP contribution in [0.5, 0.6) is 0 Å². The van der Waals surface area contributed by atoms with Crippen molar-refractivity contribution in [1.82, 2.24) is 19.9 Å². The lowest BCUT2D eigenvalue weighted by atomic mass is 9.94. The van der Waals surface area contributed by atoms with Gasteiger partial charge >= 0.3 is 0 Å². The van der Waals surface area contributed by atoms with Gasteiger partial charge in [0.2, 0.25) is 0 Å². The molecule has 0 aliphatic carbocycles. The highest BCUT2D eigenvalue weighted by atomic mass is 32.1. The second-order valence-corrected chi connectivity index (χ2v) is 18.4. The van der Waals surface area contributed by atoms with Crippen molar-refractivity contribution in [1.29, 1.82) is 0 Å². The van der Waals surface area contributed by atoms with Crippen LogP contribution >= 0.6 is 11.3 Å². The van der Waals surface area contributed by atoms with Crippen LogP contribution < -0.4 is 0 Å². The summed E-state index contributed by atoms with van der Waals surface area (Å²) in [7, 11) is 0. The fourth-order valence-electron chi connectivity index (χ4n) is 10.3. The van der Waals surface area contributed by atoms with Gasteiger partial charge in [0.1, 0.15) is 0 Å². The monoisotopic (exact) mass is 868 g/mol. The van der Waals surface area contributed by atoms with Crippen molar-refractivity contribution in [2.24, 2.45) is 0 Å². The van der Waals surface area contributed by atoms with Crippen molar-refractivity contribution in [3.63, 3.8) is 0 Å². The van der Waals surface area contributed by atoms with E-state index in [2.05, 4.69) is 206 Å². The third-order valence-electron chi connectivity index (χ3n) is 13.5. The van der Waals surface area contributed by atoms with Crippen molar-refractivity contribution in [2.75, 3.05) is 0 Å². The quantitative estimate of drug-likeness (QED) is 0.162. The summed E-state index contributed by atoms with van der Waals surface area (Å²) >= 11 is 1.86. The number of hydrogen-bond donors (Lipinski definition) is 0. The molecule has 3 aromatic heterocycles. The van der Waals surface area contributed by atoms with Crippen molar-refractivity contribution < 1.29 is 0 Å². The Hall–Kier alpha value is -8.64. The van der Waals surface area contributed by atoms with Crippen molar-refractivity contribution in [3.05, 3.63) is 219 Å². The maximum atomic E-state index is 5.34. The predicted molar refractivity (Wildman–Crippen MR) is 283 cm³/mol. The summed E-state index contributed by atoms with van der Waals surface area (Å²) in [6.45, 7) is 0. The van der Waals surface area contributed by atoms with E-state index in [1.165, 1.54) is 52.8 Å². The highest BCUT2D eigenvalue weighted by molar-refractivity contribution is 7.26. The molecule has 310 valence electrons. The smallest absolute Gasteiger partial charge is 0.0979 e. The fraction of sp³-hybridized carbons (Fsp3) is 0. The van der Waals surface area contributed by atoms with Crippen molar-refractivity contribution >= 4 is 96.7 Å². The Bertz CT molecular complexity index is 4280. The van der Waals surface area contributed by atoms with E-state index in [0.29, 0.717) is 0 Å². The topological polar surface area (TPSA) is 51.6 Å². The number of thiophene rings is 1. The summed E-state index contributed by atoms with van der Waals surface area (Å²) in [5.41, 5.74) is 14.4. The number of benzene rings is 11. The van der Waals surface area contributed by atoms with Gasteiger partial charge < -0.3 is 0 Å². The van der Waals surface area contributed by atoms with E-state index < -0.39 is 0 Å². The molecule has 3 heterocycles. The second-order valence-electron chi connectivity index (χ2n) is 17.3. The van der Waals surface area contributed by atoms with Gasteiger partial charge in [-0.3, -0.25) is 9.97 Å². The first-order valence-corrected chi connectivity index (χ1v) is 23.4. The highest BCUT2D eigenvalue weighted by Gasteiger charge is 2.18. The summed E-state index contributed by atoms with van der Waals surface area (Å²) < 4.78 is 2.53. The molecule has 0 N–H and O–H groups in total. The summed E-state index contributed by atoms with van der Waals surface area (Å²) in [6, 6.07) is 74.0. The second kappa shape index (κ2) is 15.0. The number of fused-ring (bicyclic) bond motifs is 15. The van der Waals surface area contributed by atoms with Gasteiger partial charge in [-0.15, -0.1) is 11.3 Å². The molecule has 5 heteroatoms. The SMILES string of the molecule is c1ccc(-c2cc(-c3cccc(-c4cnc5c6ccccc6c6ccccc6c5n4)c3)cc3c2sc2ccc(-c4cccc(-c5cnc6c7ccccc7c7ccccc7c6n5)c4)cc23)cc1. The van der Waals surface area contributed by atoms with E-state index in [1.54, 1.807) is 0 Å². The van der Waals surface area contributed by atoms with Gasteiger partial charge in [-0.25, -0.2) is 9.97 Å². The Morgan fingerprint density at radius 2 is 0.687 bits per heavy atom. The number of hydrogen-bond acceptors (Lipinski definition) is 5. The first-order valence-electron chi connectivity index (χ1n) is 22.6. The van der Waals surface area contributed by atoms with Crippen molar-refractivity contribution in [3.8, 4) is 55.9 Å². The predicted octanol–water partition coefficient (Wildman–Crippen LogP) is 16.9. The molecule has 67 heavy (non-hydrogen) atoms. The zero-order valence-electron chi connectivity index (χ0n) is 36.0. The van der Waals surface area contributed by atoms with E-state index in [-0.39, 0.29) is 0 Å². The standard InChI is InChI=1S/C62H36N4S/c1-2-14-37(15-3-1)52-33-43(39-17-13-19-42(31-39)56-36-64-59-49-25-9-5-21-45(49)47-23-7-11-27-51(47)61(59)66-56)34-54-53-32-40(28-29-57(53)67-62(52)54)38-16-12-18-41(30-38)55-35-63-58-48-24-8-4-20-44(48)46-22-6-10-26-50(46)60(58)65-55/h1-36H. The Morgan fingerprint density at radius 1 is 0.269 bits per heavy atom. The zero-order valence-corrected chi connectivity index (χ0v) is 36.8. The fourth-order valence-corrected chi connectivity index (χ4v) is 11.5. The molecule has 0 saturated heterocycles. The summed E-state index contributed by atoms with van der Waals surface area (Å²) in [4.78, 5) is 20.8. The van der Waals surface area contributed by atoms with Crippen LogP contribution in [0.4, 0.5) is 0 Å². The molecule has 4 nitrogen and oxygen atoms in total. The largest absolute Gasteiger partial charge is 0.252 e. The van der Waals surface area contributed by atoms with E-state index >= 15 is 0 Å². The molecular weight excluding hydrogens is 833 g/mol. The van der Waals surface area contributed by atoms with Gasteiger partial charge in [-0.05, 0) is 85.8 Å². The molecule has 0 aliphatic heterocycles. The molecule has 0 spiro atoms. The molecule has 0 aliphatic rings. The minimum Gasteiger partial charge on any atom is -0.252 e. The Morgan fingerprint density at radius 3 is 1.22 bits per heavy atom. The molecular formula is C62H36N4S. The van der Waals surface area contributed by atoms with Crippen LogP contribution in [0.3, 0.4) is 0 Å². The van der Waals surface area contributed by atoms with Gasteiger partial charge in [0, 0.05) is 58.4 Å². The normalized spacial score (nSPS) is 11.9. The average Bonchev–Trinajstić information content (AvgIpc) is 3.79. The Kier molecular flexibility index (Phi) is 8.42. The maximum absolute atomic E-state index is 5.34. The lowest BCUT2D eigenvalue weighted by Crippen LogP contribution is -1.92. The molecule has 11 aromatic carbocycles. The van der Waals surface area contributed by atoms with Gasteiger partial charge in [0.25, 0.3) is 0 Å². The third-order valence-corrected chi connectivity index (χ3v) is 14.7. The van der Waals surface area contributed by atoms with Crippen LogP contribution in [0.2, 0.25) is 0 Å². The van der Waals surface area contributed by atoms with Crippen LogP contribution in [0.1, 0.15) is 0 Å². The van der Waals surface area contributed by atoms with Gasteiger partial charge in [-0.2, -0.15) is 0 Å². The Labute approximate surface area is 389 Å². The number of rotatable bonds is 5. The van der Waals surface area contributed by atoms with Crippen LogP contribution in [-0.4, -0.2) is 19.9 Å². The van der Waals surface area contributed by atoms with Crippen LogP contribution in [0.15, 0.2) is 219 Å². The molecule has 14 aromatic rings. The summed E-state index contributed by atoms with van der Waals surface area (Å²) in [6.07, 6.45) is 3.86. The molecule has 0 atom stereocenters. The van der Waals surface area contributed by atoms with Crippen LogP contribution in [0, 0.1) is 0 Å². The van der Waals surface area contributed by atoms with Crippen molar-refractivity contribution in [2.45, 2.75) is 0 Å².